The molecule has 1 aromatic heterocycles. The van der Waals surface area contributed by atoms with Gasteiger partial charge in [0.2, 0.25) is 0 Å². The van der Waals surface area contributed by atoms with E-state index >= 15 is 0 Å². The lowest BCUT2D eigenvalue weighted by molar-refractivity contribution is 0.0529. The predicted molar refractivity (Wildman–Crippen MR) is 125 cm³/mol. The Morgan fingerprint density at radius 2 is 2.13 bits per heavy atom. The van der Waals surface area contributed by atoms with Crippen LogP contribution in [-0.4, -0.2) is 43.8 Å². The molecule has 9 heteroatoms. The SMILES string of the molecule is CN=C(NCc1ccnc(N2CCOC(C)C2)c1)NC(C)c1ccc(F)cc1F.I. The molecule has 2 unspecified atom stereocenters. The average molecular weight is 531 g/mol. The van der Waals surface area contributed by atoms with Crippen LogP contribution in [0.2, 0.25) is 0 Å². The number of guanidine groups is 1. The maximum atomic E-state index is 14.0. The summed E-state index contributed by atoms with van der Waals surface area (Å²) >= 11 is 0. The van der Waals surface area contributed by atoms with Crippen LogP contribution < -0.4 is 15.5 Å². The van der Waals surface area contributed by atoms with Crippen molar-refractivity contribution in [3.63, 3.8) is 0 Å². The van der Waals surface area contributed by atoms with Crippen molar-refractivity contribution in [2.45, 2.75) is 32.5 Å². The molecular weight excluding hydrogens is 503 g/mol. The van der Waals surface area contributed by atoms with Gasteiger partial charge in [-0.15, -0.1) is 24.0 Å². The van der Waals surface area contributed by atoms with E-state index in [-0.39, 0.29) is 36.1 Å². The van der Waals surface area contributed by atoms with Gasteiger partial charge in [0.1, 0.15) is 17.5 Å². The van der Waals surface area contributed by atoms with E-state index in [0.29, 0.717) is 24.7 Å². The van der Waals surface area contributed by atoms with Gasteiger partial charge in [-0.2, -0.15) is 0 Å². The minimum atomic E-state index is -0.593. The predicted octanol–water partition coefficient (Wildman–Crippen LogP) is 3.63. The van der Waals surface area contributed by atoms with Crippen LogP contribution in [-0.2, 0) is 11.3 Å². The summed E-state index contributed by atoms with van der Waals surface area (Å²) in [5, 5.41) is 6.36. The summed E-state index contributed by atoms with van der Waals surface area (Å²) in [6, 6.07) is 7.18. The highest BCUT2D eigenvalue weighted by Crippen LogP contribution is 2.18. The van der Waals surface area contributed by atoms with Crippen LogP contribution in [0, 0.1) is 11.6 Å². The molecule has 6 nitrogen and oxygen atoms in total. The fourth-order valence-electron chi connectivity index (χ4n) is 3.29. The van der Waals surface area contributed by atoms with E-state index in [1.807, 2.05) is 12.1 Å². The van der Waals surface area contributed by atoms with Crippen molar-refractivity contribution in [2.75, 3.05) is 31.6 Å². The molecule has 1 aromatic carbocycles. The van der Waals surface area contributed by atoms with Crippen molar-refractivity contribution in [2.24, 2.45) is 4.99 Å². The van der Waals surface area contributed by atoms with Gasteiger partial charge in [-0.25, -0.2) is 13.8 Å². The number of ether oxygens (including phenoxy) is 1. The summed E-state index contributed by atoms with van der Waals surface area (Å²) in [5.41, 5.74) is 1.43. The summed E-state index contributed by atoms with van der Waals surface area (Å²) in [6.45, 7) is 6.71. The average Bonchev–Trinajstić information content (AvgIpc) is 2.71. The lowest BCUT2D eigenvalue weighted by Crippen LogP contribution is -2.41. The van der Waals surface area contributed by atoms with Crippen molar-refractivity contribution >= 4 is 35.8 Å². The highest BCUT2D eigenvalue weighted by atomic mass is 127. The number of nitrogens with zero attached hydrogens (tertiary/aromatic N) is 3. The zero-order valence-electron chi connectivity index (χ0n) is 17.4. The Hall–Kier alpha value is -2.01. The van der Waals surface area contributed by atoms with Crippen LogP contribution >= 0.6 is 24.0 Å². The normalized spacial score (nSPS) is 17.8. The second kappa shape index (κ2) is 11.4. The third-order valence-corrected chi connectivity index (χ3v) is 4.84. The lowest BCUT2D eigenvalue weighted by atomic mass is 10.1. The van der Waals surface area contributed by atoms with Gasteiger partial charge >= 0.3 is 0 Å². The molecule has 1 saturated heterocycles. The first-order valence-electron chi connectivity index (χ1n) is 9.70. The van der Waals surface area contributed by atoms with Crippen LogP contribution in [0.25, 0.3) is 0 Å². The van der Waals surface area contributed by atoms with E-state index < -0.39 is 11.6 Å². The van der Waals surface area contributed by atoms with Crippen LogP contribution in [0.3, 0.4) is 0 Å². The van der Waals surface area contributed by atoms with Gasteiger partial charge in [-0.1, -0.05) is 6.07 Å². The molecule has 2 aromatic rings. The number of hydrogen-bond acceptors (Lipinski definition) is 4. The molecule has 0 saturated carbocycles. The van der Waals surface area contributed by atoms with Crippen molar-refractivity contribution in [1.29, 1.82) is 0 Å². The Morgan fingerprint density at radius 3 is 2.83 bits per heavy atom. The number of anilines is 1. The van der Waals surface area contributed by atoms with Crippen molar-refractivity contribution in [3.8, 4) is 0 Å². The number of aliphatic imine (C=N–C) groups is 1. The number of rotatable bonds is 5. The summed E-state index contributed by atoms with van der Waals surface area (Å²) in [7, 11) is 1.65. The van der Waals surface area contributed by atoms with E-state index in [1.54, 1.807) is 20.2 Å². The fraction of sp³-hybridized carbons (Fsp3) is 0.429. The second-order valence-electron chi connectivity index (χ2n) is 7.11. The van der Waals surface area contributed by atoms with E-state index in [9.17, 15) is 8.78 Å². The standard InChI is InChI=1S/C21H27F2N5O.HI/c1-14-13-28(8-9-29-14)20-10-16(6-7-25-20)12-26-21(24-3)27-15(2)18-5-4-17(22)11-19(18)23;/h4-7,10-11,14-15H,8-9,12-13H2,1-3H3,(H2,24,26,27);1H. The van der Waals surface area contributed by atoms with E-state index in [0.717, 1.165) is 30.5 Å². The summed E-state index contributed by atoms with van der Waals surface area (Å²) in [6.07, 6.45) is 1.97. The summed E-state index contributed by atoms with van der Waals surface area (Å²) in [4.78, 5) is 10.9. The van der Waals surface area contributed by atoms with E-state index in [4.69, 9.17) is 4.74 Å². The van der Waals surface area contributed by atoms with Gasteiger partial charge in [0.05, 0.1) is 18.8 Å². The molecule has 1 aliphatic rings. The van der Waals surface area contributed by atoms with E-state index in [2.05, 4.69) is 32.4 Å². The monoisotopic (exact) mass is 531 g/mol. The summed E-state index contributed by atoms with van der Waals surface area (Å²) in [5.74, 6) is 0.270. The Bertz CT molecular complexity index is 867. The van der Waals surface area contributed by atoms with Gasteiger partial charge in [0.25, 0.3) is 0 Å². The first kappa shape index (κ1) is 24.3. The molecule has 0 radical (unpaired) electrons. The number of pyridine rings is 1. The Balaban J connectivity index is 0.00000320. The van der Waals surface area contributed by atoms with Gasteiger partial charge in [0, 0.05) is 44.5 Å². The first-order valence-corrected chi connectivity index (χ1v) is 9.70. The summed E-state index contributed by atoms with van der Waals surface area (Å²) < 4.78 is 32.7. The van der Waals surface area contributed by atoms with Gasteiger partial charge in [-0.3, -0.25) is 4.99 Å². The third-order valence-electron chi connectivity index (χ3n) is 4.84. The van der Waals surface area contributed by atoms with Gasteiger partial charge in [0.15, 0.2) is 5.96 Å². The molecule has 30 heavy (non-hydrogen) atoms. The molecule has 2 atom stereocenters. The molecule has 164 valence electrons. The third kappa shape index (κ3) is 6.49. The van der Waals surface area contributed by atoms with E-state index in [1.165, 1.54) is 12.1 Å². The van der Waals surface area contributed by atoms with Gasteiger partial charge in [-0.05, 0) is 37.6 Å². The molecule has 0 spiro atoms. The topological polar surface area (TPSA) is 61.8 Å². The quantitative estimate of drug-likeness (QED) is 0.351. The Labute approximate surface area is 193 Å². The number of morpholine rings is 1. The van der Waals surface area contributed by atoms with Crippen LogP contribution in [0.4, 0.5) is 14.6 Å². The largest absolute Gasteiger partial charge is 0.375 e. The molecule has 1 fully saturated rings. The van der Waals surface area contributed by atoms with Crippen LogP contribution in [0.15, 0.2) is 41.5 Å². The lowest BCUT2D eigenvalue weighted by Gasteiger charge is -2.32. The van der Waals surface area contributed by atoms with Gasteiger partial charge < -0.3 is 20.3 Å². The van der Waals surface area contributed by atoms with Crippen molar-refractivity contribution in [3.05, 3.63) is 59.3 Å². The molecule has 0 bridgehead atoms. The minimum Gasteiger partial charge on any atom is -0.375 e. The smallest absolute Gasteiger partial charge is 0.191 e. The number of benzene rings is 1. The highest BCUT2D eigenvalue weighted by molar-refractivity contribution is 14.0. The van der Waals surface area contributed by atoms with Crippen molar-refractivity contribution < 1.29 is 13.5 Å². The zero-order valence-corrected chi connectivity index (χ0v) is 19.7. The molecule has 2 N–H and O–H groups in total. The first-order chi connectivity index (χ1) is 14.0. The maximum absolute atomic E-state index is 14.0. The number of halogens is 3. The molecule has 2 heterocycles. The molecular formula is C21H28F2IN5O. The molecule has 0 aliphatic carbocycles. The van der Waals surface area contributed by atoms with Crippen LogP contribution in [0.1, 0.15) is 31.0 Å². The highest BCUT2D eigenvalue weighted by Gasteiger charge is 2.18. The fourth-order valence-corrected chi connectivity index (χ4v) is 3.29. The molecule has 0 amide bonds. The maximum Gasteiger partial charge on any atom is 0.191 e. The number of aromatic nitrogens is 1. The minimum absolute atomic E-state index is 0. The molecule has 3 rings (SSSR count). The van der Waals surface area contributed by atoms with Crippen LogP contribution in [0.5, 0.6) is 0 Å². The number of hydrogen-bond donors (Lipinski definition) is 2. The van der Waals surface area contributed by atoms with Crippen molar-refractivity contribution in [1.82, 2.24) is 15.6 Å². The second-order valence-corrected chi connectivity index (χ2v) is 7.11. The molecule has 1 aliphatic heterocycles. The number of nitrogens with one attached hydrogen (secondary N) is 2. The Kier molecular flexibility index (Phi) is 9.22. The Morgan fingerprint density at radius 1 is 1.33 bits per heavy atom. The zero-order chi connectivity index (χ0) is 20.8.